The smallest absolute Gasteiger partial charge is 0.159 e. The fraction of sp³-hybridized carbons (Fsp3) is 0.143. The zero-order valence-corrected chi connectivity index (χ0v) is 10.6. The van der Waals surface area contributed by atoms with E-state index in [1.165, 1.54) is 5.56 Å². The number of ether oxygens (including phenoxy) is 1. The molecule has 0 spiro atoms. The van der Waals surface area contributed by atoms with Crippen LogP contribution in [0.3, 0.4) is 0 Å². The first-order chi connectivity index (χ1) is 9.35. The third-order valence-electron chi connectivity index (χ3n) is 2.90. The Morgan fingerprint density at radius 3 is 2.63 bits per heavy atom. The standard InChI is InChI=1S/C14H14N4O/c1-19-13-4-2-12(3-5-13)10-18-8-6-14(16-18)17-9-7-15-11-17/h2-9,11H,10H2,1H3. The molecule has 2 aromatic heterocycles. The van der Waals surface area contributed by atoms with Gasteiger partial charge in [0.05, 0.1) is 13.7 Å². The highest BCUT2D eigenvalue weighted by Crippen LogP contribution is 2.12. The summed E-state index contributed by atoms with van der Waals surface area (Å²) in [5.74, 6) is 1.73. The quantitative estimate of drug-likeness (QED) is 0.716. The number of aromatic nitrogens is 4. The maximum atomic E-state index is 5.14. The second kappa shape index (κ2) is 4.97. The fourth-order valence-corrected chi connectivity index (χ4v) is 1.89. The Kier molecular flexibility index (Phi) is 3.02. The normalized spacial score (nSPS) is 10.6. The summed E-state index contributed by atoms with van der Waals surface area (Å²) in [5, 5.41) is 4.50. The van der Waals surface area contributed by atoms with Crippen molar-refractivity contribution in [2.24, 2.45) is 0 Å². The third kappa shape index (κ3) is 2.49. The van der Waals surface area contributed by atoms with Gasteiger partial charge in [-0.25, -0.2) is 4.98 Å². The Labute approximate surface area is 111 Å². The van der Waals surface area contributed by atoms with Crippen LogP contribution in [-0.2, 0) is 6.54 Å². The molecule has 0 unspecified atom stereocenters. The van der Waals surface area contributed by atoms with Gasteiger partial charge in [-0.2, -0.15) is 5.10 Å². The van der Waals surface area contributed by atoms with Crippen LogP contribution in [-0.4, -0.2) is 26.4 Å². The van der Waals surface area contributed by atoms with Gasteiger partial charge in [-0.1, -0.05) is 12.1 Å². The van der Waals surface area contributed by atoms with E-state index in [1.54, 1.807) is 19.6 Å². The SMILES string of the molecule is COc1ccc(Cn2ccc(-n3ccnc3)n2)cc1. The van der Waals surface area contributed by atoms with Gasteiger partial charge in [-0.05, 0) is 17.7 Å². The molecule has 0 aliphatic carbocycles. The highest BCUT2D eigenvalue weighted by Gasteiger charge is 2.01. The van der Waals surface area contributed by atoms with Gasteiger partial charge in [-0.3, -0.25) is 9.25 Å². The molecule has 1 aromatic carbocycles. The molecule has 5 heteroatoms. The molecular weight excluding hydrogens is 240 g/mol. The van der Waals surface area contributed by atoms with Crippen molar-refractivity contribution in [2.45, 2.75) is 6.54 Å². The minimum absolute atomic E-state index is 0.735. The van der Waals surface area contributed by atoms with Crippen LogP contribution in [0, 0.1) is 0 Å². The lowest BCUT2D eigenvalue weighted by molar-refractivity contribution is 0.414. The largest absolute Gasteiger partial charge is 0.497 e. The van der Waals surface area contributed by atoms with E-state index < -0.39 is 0 Å². The molecular formula is C14H14N4O. The molecule has 0 N–H and O–H groups in total. The van der Waals surface area contributed by atoms with Crippen molar-refractivity contribution in [2.75, 3.05) is 7.11 Å². The Morgan fingerprint density at radius 2 is 1.95 bits per heavy atom. The summed E-state index contributed by atoms with van der Waals surface area (Å²) < 4.78 is 8.92. The van der Waals surface area contributed by atoms with E-state index in [0.29, 0.717) is 0 Å². The lowest BCUT2D eigenvalue weighted by Gasteiger charge is -2.04. The number of imidazole rings is 1. The maximum Gasteiger partial charge on any atom is 0.159 e. The van der Waals surface area contributed by atoms with Crippen molar-refractivity contribution in [3.8, 4) is 11.6 Å². The fourth-order valence-electron chi connectivity index (χ4n) is 1.89. The predicted molar refractivity (Wildman–Crippen MR) is 71.4 cm³/mol. The summed E-state index contributed by atoms with van der Waals surface area (Å²) in [4.78, 5) is 4.01. The average molecular weight is 254 g/mol. The Balaban J connectivity index is 1.76. The van der Waals surface area contributed by atoms with Gasteiger partial charge in [0, 0.05) is 24.7 Å². The van der Waals surface area contributed by atoms with E-state index >= 15 is 0 Å². The zero-order chi connectivity index (χ0) is 13.1. The van der Waals surface area contributed by atoms with E-state index in [-0.39, 0.29) is 0 Å². The van der Waals surface area contributed by atoms with Crippen LogP contribution in [0.4, 0.5) is 0 Å². The second-order valence-electron chi connectivity index (χ2n) is 4.19. The monoisotopic (exact) mass is 254 g/mol. The highest BCUT2D eigenvalue weighted by molar-refractivity contribution is 5.27. The van der Waals surface area contributed by atoms with Gasteiger partial charge in [0.25, 0.3) is 0 Å². The van der Waals surface area contributed by atoms with Crippen LogP contribution in [0.15, 0.2) is 55.2 Å². The van der Waals surface area contributed by atoms with Crippen LogP contribution in [0.5, 0.6) is 5.75 Å². The van der Waals surface area contributed by atoms with Crippen LogP contribution in [0.1, 0.15) is 5.56 Å². The van der Waals surface area contributed by atoms with Crippen molar-refractivity contribution in [3.05, 3.63) is 60.8 Å². The number of rotatable bonds is 4. The summed E-state index contributed by atoms with van der Waals surface area (Å²) in [7, 11) is 1.67. The van der Waals surface area contributed by atoms with Gasteiger partial charge in [0.15, 0.2) is 5.82 Å². The molecule has 0 radical (unpaired) electrons. The number of benzene rings is 1. The predicted octanol–water partition coefficient (Wildman–Crippen LogP) is 2.13. The Morgan fingerprint density at radius 1 is 1.11 bits per heavy atom. The lowest BCUT2D eigenvalue weighted by Crippen LogP contribution is -2.01. The number of nitrogens with zero attached hydrogens (tertiary/aromatic N) is 4. The molecule has 3 aromatic rings. The minimum atomic E-state index is 0.735. The molecule has 0 bridgehead atoms. The number of hydrogen-bond acceptors (Lipinski definition) is 3. The van der Waals surface area contributed by atoms with E-state index in [1.807, 2.05) is 52.0 Å². The van der Waals surface area contributed by atoms with Crippen LogP contribution < -0.4 is 4.74 Å². The van der Waals surface area contributed by atoms with Crippen molar-refractivity contribution >= 4 is 0 Å². The summed E-state index contributed by atoms with van der Waals surface area (Å²) in [6.07, 6.45) is 7.31. The van der Waals surface area contributed by atoms with Crippen LogP contribution >= 0.6 is 0 Å². The van der Waals surface area contributed by atoms with Gasteiger partial charge < -0.3 is 4.74 Å². The molecule has 0 aliphatic rings. The van der Waals surface area contributed by atoms with Gasteiger partial charge >= 0.3 is 0 Å². The molecule has 0 atom stereocenters. The highest BCUT2D eigenvalue weighted by atomic mass is 16.5. The van der Waals surface area contributed by atoms with Gasteiger partial charge in [0.1, 0.15) is 12.1 Å². The molecule has 2 heterocycles. The van der Waals surface area contributed by atoms with Gasteiger partial charge in [-0.15, -0.1) is 0 Å². The first-order valence-corrected chi connectivity index (χ1v) is 6.00. The topological polar surface area (TPSA) is 44.9 Å². The van der Waals surface area contributed by atoms with Crippen molar-refractivity contribution in [3.63, 3.8) is 0 Å². The molecule has 0 fully saturated rings. The van der Waals surface area contributed by atoms with E-state index in [4.69, 9.17) is 4.74 Å². The van der Waals surface area contributed by atoms with Gasteiger partial charge in [0.2, 0.25) is 0 Å². The lowest BCUT2D eigenvalue weighted by atomic mass is 10.2. The van der Waals surface area contributed by atoms with Crippen molar-refractivity contribution < 1.29 is 4.74 Å². The summed E-state index contributed by atoms with van der Waals surface area (Å²) in [5.41, 5.74) is 1.18. The molecule has 0 amide bonds. The molecule has 5 nitrogen and oxygen atoms in total. The Bertz CT molecular complexity index is 640. The first kappa shape index (κ1) is 11.5. The van der Waals surface area contributed by atoms with Crippen molar-refractivity contribution in [1.82, 2.24) is 19.3 Å². The molecule has 0 saturated carbocycles. The molecule has 0 aliphatic heterocycles. The molecule has 3 rings (SSSR count). The van der Waals surface area contributed by atoms with Crippen LogP contribution in [0.25, 0.3) is 5.82 Å². The van der Waals surface area contributed by atoms with Crippen molar-refractivity contribution in [1.29, 1.82) is 0 Å². The van der Waals surface area contributed by atoms with E-state index in [9.17, 15) is 0 Å². The number of methoxy groups -OCH3 is 1. The zero-order valence-electron chi connectivity index (χ0n) is 10.6. The molecule has 96 valence electrons. The maximum absolute atomic E-state index is 5.14. The van der Waals surface area contributed by atoms with Crippen LogP contribution in [0.2, 0.25) is 0 Å². The minimum Gasteiger partial charge on any atom is -0.497 e. The van der Waals surface area contributed by atoms with E-state index in [2.05, 4.69) is 10.1 Å². The summed E-state index contributed by atoms with van der Waals surface area (Å²) in [6.45, 7) is 0.735. The van der Waals surface area contributed by atoms with E-state index in [0.717, 1.165) is 18.1 Å². The average Bonchev–Trinajstić information content (AvgIpc) is 3.10. The summed E-state index contributed by atoms with van der Waals surface area (Å²) >= 11 is 0. The number of hydrogen-bond donors (Lipinski definition) is 0. The first-order valence-electron chi connectivity index (χ1n) is 6.00. The Hall–Kier alpha value is -2.56. The molecule has 19 heavy (non-hydrogen) atoms. The molecule has 0 saturated heterocycles. The third-order valence-corrected chi connectivity index (χ3v) is 2.90. The summed E-state index contributed by atoms with van der Waals surface area (Å²) in [6, 6.07) is 9.95. The second-order valence-corrected chi connectivity index (χ2v) is 4.19.